The average Bonchev–Trinajstić information content (AvgIpc) is 2.17. The lowest BCUT2D eigenvalue weighted by Crippen LogP contribution is -1.99. The zero-order valence-electron chi connectivity index (χ0n) is 7.49. The van der Waals surface area contributed by atoms with Crippen LogP contribution in [0, 0.1) is 6.92 Å². The van der Waals surface area contributed by atoms with Crippen LogP contribution < -0.4 is 5.73 Å². The summed E-state index contributed by atoms with van der Waals surface area (Å²) in [6.45, 7) is 2.59. The summed E-state index contributed by atoms with van der Waals surface area (Å²) >= 11 is 0. The largest absolute Gasteiger partial charge is 0.326 e. The van der Waals surface area contributed by atoms with E-state index in [0.29, 0.717) is 6.54 Å². The van der Waals surface area contributed by atoms with E-state index in [1.54, 1.807) is 12.4 Å². The minimum absolute atomic E-state index is 0.554. The molecule has 0 aliphatic carbocycles. The average molecular weight is 173 g/mol. The molecule has 66 valence electrons. The number of benzene rings is 1. The number of hydrogen-bond donors (Lipinski definition) is 1. The molecule has 0 amide bonds. The van der Waals surface area contributed by atoms with Crippen molar-refractivity contribution in [3.63, 3.8) is 0 Å². The molecule has 0 aliphatic rings. The summed E-state index contributed by atoms with van der Waals surface area (Å²) in [5.41, 5.74) is 9.74. The van der Waals surface area contributed by atoms with E-state index < -0.39 is 0 Å². The van der Waals surface area contributed by atoms with Crippen molar-refractivity contribution in [2.45, 2.75) is 13.5 Å². The van der Waals surface area contributed by atoms with Gasteiger partial charge >= 0.3 is 0 Å². The lowest BCUT2D eigenvalue weighted by atomic mass is 10.1. The van der Waals surface area contributed by atoms with E-state index in [1.165, 1.54) is 5.56 Å². The van der Waals surface area contributed by atoms with Gasteiger partial charge in [0.1, 0.15) is 0 Å². The fraction of sp³-hybridized carbons (Fsp3) is 0.200. The quantitative estimate of drug-likeness (QED) is 0.709. The maximum absolute atomic E-state index is 5.59. The molecule has 0 unspecified atom stereocenters. The van der Waals surface area contributed by atoms with E-state index in [9.17, 15) is 0 Å². The maximum Gasteiger partial charge on any atom is 0.0890 e. The Labute approximate surface area is 76.6 Å². The smallest absolute Gasteiger partial charge is 0.0890 e. The van der Waals surface area contributed by atoms with E-state index in [1.807, 2.05) is 19.1 Å². The molecular weight excluding hydrogens is 162 g/mol. The third kappa shape index (κ3) is 1.38. The first-order valence-corrected chi connectivity index (χ1v) is 4.21. The first-order valence-electron chi connectivity index (χ1n) is 4.21. The predicted molar refractivity (Wildman–Crippen MR) is 52.2 cm³/mol. The van der Waals surface area contributed by atoms with Crippen molar-refractivity contribution in [2.24, 2.45) is 5.73 Å². The van der Waals surface area contributed by atoms with Crippen LogP contribution in [0.1, 0.15) is 11.1 Å². The summed E-state index contributed by atoms with van der Waals surface area (Å²) in [6.07, 6.45) is 3.39. The lowest BCUT2D eigenvalue weighted by Gasteiger charge is -2.03. The number of fused-ring (bicyclic) bond motifs is 1. The van der Waals surface area contributed by atoms with E-state index in [2.05, 4.69) is 9.97 Å². The molecule has 3 heteroatoms. The van der Waals surface area contributed by atoms with Crippen LogP contribution in [-0.4, -0.2) is 9.97 Å². The standard InChI is InChI=1S/C10H11N3/c1-7-4-9-10(5-8(7)6-11)13-3-2-12-9/h2-5H,6,11H2,1H3. The molecule has 1 aromatic carbocycles. The summed E-state index contributed by atoms with van der Waals surface area (Å²) in [6, 6.07) is 4.02. The highest BCUT2D eigenvalue weighted by molar-refractivity contribution is 5.75. The van der Waals surface area contributed by atoms with Gasteiger partial charge in [0.15, 0.2) is 0 Å². The van der Waals surface area contributed by atoms with E-state index in [-0.39, 0.29) is 0 Å². The lowest BCUT2D eigenvalue weighted by molar-refractivity contribution is 1.05. The molecule has 0 saturated carbocycles. The van der Waals surface area contributed by atoms with E-state index >= 15 is 0 Å². The van der Waals surface area contributed by atoms with Crippen LogP contribution in [0.25, 0.3) is 11.0 Å². The third-order valence-electron chi connectivity index (χ3n) is 2.15. The maximum atomic E-state index is 5.59. The van der Waals surface area contributed by atoms with Gasteiger partial charge in [0.25, 0.3) is 0 Å². The van der Waals surface area contributed by atoms with Gasteiger partial charge in [0.2, 0.25) is 0 Å². The molecule has 1 heterocycles. The van der Waals surface area contributed by atoms with Gasteiger partial charge in [0, 0.05) is 18.9 Å². The van der Waals surface area contributed by atoms with Crippen molar-refractivity contribution in [2.75, 3.05) is 0 Å². The van der Waals surface area contributed by atoms with Crippen molar-refractivity contribution in [1.82, 2.24) is 9.97 Å². The number of nitrogens with two attached hydrogens (primary N) is 1. The molecule has 0 spiro atoms. The predicted octanol–water partition coefficient (Wildman–Crippen LogP) is 1.40. The van der Waals surface area contributed by atoms with Gasteiger partial charge in [-0.1, -0.05) is 0 Å². The highest BCUT2D eigenvalue weighted by Gasteiger charge is 2.00. The minimum atomic E-state index is 0.554. The topological polar surface area (TPSA) is 51.8 Å². The zero-order chi connectivity index (χ0) is 9.26. The normalized spacial score (nSPS) is 10.6. The molecule has 2 N–H and O–H groups in total. The first kappa shape index (κ1) is 8.13. The summed E-state index contributed by atoms with van der Waals surface area (Å²) in [7, 11) is 0. The zero-order valence-corrected chi connectivity index (χ0v) is 7.49. The third-order valence-corrected chi connectivity index (χ3v) is 2.15. The molecule has 2 rings (SSSR count). The Morgan fingerprint density at radius 1 is 1.15 bits per heavy atom. The van der Waals surface area contributed by atoms with Gasteiger partial charge in [-0.2, -0.15) is 0 Å². The summed E-state index contributed by atoms with van der Waals surface area (Å²) in [5.74, 6) is 0. The Bertz CT molecular complexity index is 437. The van der Waals surface area contributed by atoms with E-state index in [0.717, 1.165) is 16.6 Å². The van der Waals surface area contributed by atoms with Crippen molar-refractivity contribution < 1.29 is 0 Å². The molecule has 0 aliphatic heterocycles. The fourth-order valence-electron chi connectivity index (χ4n) is 1.38. The molecular formula is C10H11N3. The van der Waals surface area contributed by atoms with Gasteiger partial charge in [-0.05, 0) is 30.2 Å². The molecule has 0 bridgehead atoms. The van der Waals surface area contributed by atoms with Crippen molar-refractivity contribution in [1.29, 1.82) is 0 Å². The van der Waals surface area contributed by atoms with Gasteiger partial charge in [-0.3, -0.25) is 9.97 Å². The highest BCUT2D eigenvalue weighted by Crippen LogP contribution is 2.15. The number of aromatic nitrogens is 2. The number of hydrogen-bond acceptors (Lipinski definition) is 3. The van der Waals surface area contributed by atoms with Crippen LogP contribution in [0.15, 0.2) is 24.5 Å². The molecule has 13 heavy (non-hydrogen) atoms. The highest BCUT2D eigenvalue weighted by atomic mass is 14.8. The fourth-order valence-corrected chi connectivity index (χ4v) is 1.38. The molecule has 0 fully saturated rings. The summed E-state index contributed by atoms with van der Waals surface area (Å²) < 4.78 is 0. The molecule has 3 nitrogen and oxygen atoms in total. The summed E-state index contributed by atoms with van der Waals surface area (Å²) in [5, 5.41) is 0. The Hall–Kier alpha value is -1.48. The number of nitrogens with zero attached hydrogens (tertiary/aromatic N) is 2. The molecule has 2 aromatic rings. The molecule has 1 aromatic heterocycles. The molecule has 0 saturated heterocycles. The Morgan fingerprint density at radius 3 is 2.38 bits per heavy atom. The van der Waals surface area contributed by atoms with Gasteiger partial charge in [-0.25, -0.2) is 0 Å². The van der Waals surface area contributed by atoms with Crippen molar-refractivity contribution >= 4 is 11.0 Å². The van der Waals surface area contributed by atoms with Gasteiger partial charge in [0.05, 0.1) is 11.0 Å². The SMILES string of the molecule is Cc1cc2nccnc2cc1CN. The Morgan fingerprint density at radius 2 is 1.77 bits per heavy atom. The summed E-state index contributed by atoms with van der Waals surface area (Å²) in [4.78, 5) is 8.43. The Kier molecular flexibility index (Phi) is 1.94. The van der Waals surface area contributed by atoms with Crippen LogP contribution in [0.4, 0.5) is 0 Å². The molecule has 0 radical (unpaired) electrons. The van der Waals surface area contributed by atoms with Crippen LogP contribution >= 0.6 is 0 Å². The van der Waals surface area contributed by atoms with Crippen molar-refractivity contribution in [3.05, 3.63) is 35.7 Å². The van der Waals surface area contributed by atoms with Gasteiger partial charge in [-0.15, -0.1) is 0 Å². The second-order valence-electron chi connectivity index (χ2n) is 3.03. The van der Waals surface area contributed by atoms with Crippen LogP contribution in [0.5, 0.6) is 0 Å². The van der Waals surface area contributed by atoms with Crippen LogP contribution in [0.2, 0.25) is 0 Å². The number of aryl methyl sites for hydroxylation is 1. The van der Waals surface area contributed by atoms with Crippen molar-refractivity contribution in [3.8, 4) is 0 Å². The van der Waals surface area contributed by atoms with Crippen LogP contribution in [-0.2, 0) is 6.54 Å². The molecule has 0 atom stereocenters. The van der Waals surface area contributed by atoms with Crippen LogP contribution in [0.3, 0.4) is 0 Å². The minimum Gasteiger partial charge on any atom is -0.326 e. The first-order chi connectivity index (χ1) is 6.31. The van der Waals surface area contributed by atoms with Gasteiger partial charge < -0.3 is 5.73 Å². The second kappa shape index (κ2) is 3.11. The Balaban J connectivity index is 2.74. The number of rotatable bonds is 1. The monoisotopic (exact) mass is 173 g/mol. The second-order valence-corrected chi connectivity index (χ2v) is 3.03. The van der Waals surface area contributed by atoms with E-state index in [4.69, 9.17) is 5.73 Å².